The second-order valence-electron chi connectivity index (χ2n) is 5.73. The molecule has 3 aromatic rings. The lowest BCUT2D eigenvalue weighted by molar-refractivity contribution is -0.117. The first-order valence-corrected chi connectivity index (χ1v) is 8.11. The van der Waals surface area contributed by atoms with Gasteiger partial charge in [0.15, 0.2) is 0 Å². The van der Waals surface area contributed by atoms with Crippen LogP contribution in [0.15, 0.2) is 79.4 Å². The van der Waals surface area contributed by atoms with Crippen molar-refractivity contribution >= 4 is 12.0 Å². The van der Waals surface area contributed by atoms with E-state index in [4.69, 9.17) is 0 Å². The van der Waals surface area contributed by atoms with Gasteiger partial charge in [0.25, 0.3) is 0 Å². The highest BCUT2D eigenvalue weighted by Gasteiger charge is 2.09. The highest BCUT2D eigenvalue weighted by molar-refractivity contribution is 5.92. The molecular weight excluding hydrogens is 310 g/mol. The average molecular weight is 329 g/mol. The first kappa shape index (κ1) is 16.6. The number of nitrogens with zero attached hydrogens (tertiary/aromatic N) is 2. The molecule has 124 valence electrons. The number of amides is 1. The molecule has 0 saturated carbocycles. The van der Waals surface area contributed by atoms with Gasteiger partial charge in [-0.25, -0.2) is 9.97 Å². The number of hydrogen-bond donors (Lipinski definition) is 1. The molecule has 25 heavy (non-hydrogen) atoms. The summed E-state index contributed by atoms with van der Waals surface area (Å²) in [6, 6.07) is 17.7. The molecule has 0 spiro atoms. The van der Waals surface area contributed by atoms with Gasteiger partial charge in [-0.2, -0.15) is 0 Å². The molecule has 0 aliphatic heterocycles. The maximum atomic E-state index is 12.1. The highest BCUT2D eigenvalue weighted by atomic mass is 16.1. The minimum Gasteiger partial charge on any atom is -0.346 e. The topological polar surface area (TPSA) is 54.9 Å². The Morgan fingerprint density at radius 3 is 2.52 bits per heavy atom. The zero-order chi connectivity index (χ0) is 17.5. The third-order valence-electron chi connectivity index (χ3n) is 3.87. The van der Waals surface area contributed by atoms with Crippen LogP contribution in [0.25, 0.3) is 17.2 Å². The molecule has 4 nitrogen and oxygen atoms in total. The number of carbonyl (C=O) groups is 1. The Balaban J connectivity index is 1.68. The molecule has 0 aliphatic carbocycles. The first-order chi connectivity index (χ1) is 12.2. The number of hydrogen-bond acceptors (Lipinski definition) is 3. The molecule has 1 N–H and O–H groups in total. The molecule has 0 fully saturated rings. The van der Waals surface area contributed by atoms with E-state index in [1.807, 2.05) is 61.5 Å². The molecular formula is C21H19N3O. The fraction of sp³-hybridized carbons (Fsp3) is 0.0952. The molecule has 1 heterocycles. The van der Waals surface area contributed by atoms with Crippen molar-refractivity contribution < 1.29 is 4.79 Å². The zero-order valence-electron chi connectivity index (χ0n) is 14.0. The monoisotopic (exact) mass is 329 g/mol. The van der Waals surface area contributed by atoms with Gasteiger partial charge in [0.05, 0.1) is 6.04 Å². The second-order valence-corrected chi connectivity index (χ2v) is 5.73. The van der Waals surface area contributed by atoms with E-state index in [9.17, 15) is 4.79 Å². The third-order valence-corrected chi connectivity index (χ3v) is 3.87. The van der Waals surface area contributed by atoms with E-state index in [1.54, 1.807) is 24.5 Å². The van der Waals surface area contributed by atoms with Crippen molar-refractivity contribution in [2.24, 2.45) is 0 Å². The predicted octanol–water partition coefficient (Wildman–Crippen LogP) is 4.03. The number of benzene rings is 2. The van der Waals surface area contributed by atoms with Crippen LogP contribution in [-0.2, 0) is 4.79 Å². The SMILES string of the molecule is CC(NC(=O)C=Cc1ccccc1)c1cccc(-c2cncnc2)c1. The number of carbonyl (C=O) groups excluding carboxylic acids is 1. The highest BCUT2D eigenvalue weighted by Crippen LogP contribution is 2.22. The normalized spacial score (nSPS) is 12.0. The molecule has 0 aliphatic rings. The summed E-state index contributed by atoms with van der Waals surface area (Å²) in [6.45, 7) is 1.97. The summed E-state index contributed by atoms with van der Waals surface area (Å²) < 4.78 is 0. The Morgan fingerprint density at radius 1 is 1.00 bits per heavy atom. The standard InChI is InChI=1S/C21H19N3O/c1-16(24-21(25)11-10-17-6-3-2-4-7-17)18-8-5-9-19(12-18)20-13-22-15-23-14-20/h2-16H,1H3,(H,24,25). The van der Waals surface area contributed by atoms with Crippen molar-refractivity contribution in [3.8, 4) is 11.1 Å². The number of nitrogens with one attached hydrogen (secondary N) is 1. The summed E-state index contributed by atoms with van der Waals surface area (Å²) in [5.74, 6) is -0.121. The van der Waals surface area contributed by atoms with Gasteiger partial charge in [0, 0.05) is 24.0 Å². The van der Waals surface area contributed by atoms with Crippen molar-refractivity contribution in [2.45, 2.75) is 13.0 Å². The maximum absolute atomic E-state index is 12.1. The lowest BCUT2D eigenvalue weighted by Gasteiger charge is -2.14. The second kappa shape index (κ2) is 8.02. The van der Waals surface area contributed by atoms with Gasteiger partial charge in [0.1, 0.15) is 6.33 Å². The van der Waals surface area contributed by atoms with E-state index < -0.39 is 0 Å². The Bertz CT molecular complexity index is 861. The molecule has 1 amide bonds. The summed E-state index contributed by atoms with van der Waals surface area (Å²) in [6.07, 6.45) is 8.42. The quantitative estimate of drug-likeness (QED) is 0.719. The first-order valence-electron chi connectivity index (χ1n) is 8.11. The van der Waals surface area contributed by atoms with Gasteiger partial charge >= 0.3 is 0 Å². The summed E-state index contributed by atoms with van der Waals surface area (Å²) >= 11 is 0. The van der Waals surface area contributed by atoms with Crippen LogP contribution in [0.5, 0.6) is 0 Å². The fourth-order valence-corrected chi connectivity index (χ4v) is 2.52. The van der Waals surface area contributed by atoms with Crippen molar-refractivity contribution in [3.05, 3.63) is 90.5 Å². The maximum Gasteiger partial charge on any atom is 0.244 e. The van der Waals surface area contributed by atoms with Crippen molar-refractivity contribution in [1.29, 1.82) is 0 Å². The van der Waals surface area contributed by atoms with E-state index in [-0.39, 0.29) is 11.9 Å². The van der Waals surface area contributed by atoms with E-state index in [1.165, 1.54) is 6.33 Å². The fourth-order valence-electron chi connectivity index (χ4n) is 2.52. The zero-order valence-corrected chi connectivity index (χ0v) is 14.0. The van der Waals surface area contributed by atoms with E-state index in [0.717, 1.165) is 22.3 Å². The van der Waals surface area contributed by atoms with Crippen LogP contribution in [0.3, 0.4) is 0 Å². The smallest absolute Gasteiger partial charge is 0.244 e. The Kier molecular flexibility index (Phi) is 5.32. The minimum absolute atomic E-state index is 0.0995. The lowest BCUT2D eigenvalue weighted by atomic mass is 10.0. The Morgan fingerprint density at radius 2 is 1.76 bits per heavy atom. The average Bonchev–Trinajstić information content (AvgIpc) is 2.68. The van der Waals surface area contributed by atoms with Crippen LogP contribution in [0.4, 0.5) is 0 Å². The van der Waals surface area contributed by atoms with Gasteiger partial charge < -0.3 is 5.32 Å². The van der Waals surface area contributed by atoms with E-state index in [0.29, 0.717) is 0 Å². The number of rotatable bonds is 5. The summed E-state index contributed by atoms with van der Waals surface area (Å²) in [4.78, 5) is 20.2. The van der Waals surface area contributed by atoms with Crippen molar-refractivity contribution in [2.75, 3.05) is 0 Å². The van der Waals surface area contributed by atoms with Crippen molar-refractivity contribution in [3.63, 3.8) is 0 Å². The van der Waals surface area contributed by atoms with Crippen LogP contribution in [0.1, 0.15) is 24.1 Å². The molecule has 0 radical (unpaired) electrons. The molecule has 1 unspecified atom stereocenters. The minimum atomic E-state index is -0.121. The summed E-state index contributed by atoms with van der Waals surface area (Å²) in [7, 11) is 0. The predicted molar refractivity (Wildman–Crippen MR) is 99.5 cm³/mol. The van der Waals surface area contributed by atoms with Crippen LogP contribution < -0.4 is 5.32 Å². The largest absolute Gasteiger partial charge is 0.346 e. The number of aromatic nitrogens is 2. The Hall–Kier alpha value is -3.27. The van der Waals surface area contributed by atoms with Crippen LogP contribution in [-0.4, -0.2) is 15.9 Å². The van der Waals surface area contributed by atoms with Gasteiger partial charge in [-0.05, 0) is 35.8 Å². The van der Waals surface area contributed by atoms with Gasteiger partial charge in [0.2, 0.25) is 5.91 Å². The van der Waals surface area contributed by atoms with Gasteiger partial charge in [-0.1, -0.05) is 48.5 Å². The third kappa shape index (κ3) is 4.61. The molecule has 0 bridgehead atoms. The van der Waals surface area contributed by atoms with Crippen LogP contribution >= 0.6 is 0 Å². The Labute approximate surface area is 147 Å². The van der Waals surface area contributed by atoms with Gasteiger partial charge in [-0.15, -0.1) is 0 Å². The van der Waals surface area contributed by atoms with Crippen LogP contribution in [0, 0.1) is 0 Å². The van der Waals surface area contributed by atoms with Crippen LogP contribution in [0.2, 0.25) is 0 Å². The molecule has 4 heteroatoms. The van der Waals surface area contributed by atoms with E-state index in [2.05, 4.69) is 15.3 Å². The van der Waals surface area contributed by atoms with Crippen molar-refractivity contribution in [1.82, 2.24) is 15.3 Å². The molecule has 3 rings (SSSR count). The molecule has 1 aromatic heterocycles. The van der Waals surface area contributed by atoms with E-state index >= 15 is 0 Å². The van der Waals surface area contributed by atoms with Gasteiger partial charge in [-0.3, -0.25) is 4.79 Å². The molecule has 2 aromatic carbocycles. The summed E-state index contributed by atoms with van der Waals surface area (Å²) in [5, 5.41) is 2.99. The molecule has 1 atom stereocenters. The summed E-state index contributed by atoms with van der Waals surface area (Å²) in [5.41, 5.74) is 4.00. The lowest BCUT2D eigenvalue weighted by Crippen LogP contribution is -2.24. The molecule has 0 saturated heterocycles.